The number of anilines is 1. The number of amides is 1. The Morgan fingerprint density at radius 2 is 1.94 bits per heavy atom. The summed E-state index contributed by atoms with van der Waals surface area (Å²) in [6.45, 7) is 4.15. The van der Waals surface area contributed by atoms with E-state index in [-0.39, 0.29) is 10.9 Å². The summed E-state index contributed by atoms with van der Waals surface area (Å²) in [7, 11) is -0.171. The Bertz CT molecular complexity index is 1160. The van der Waals surface area contributed by atoms with Crippen LogP contribution in [-0.2, 0) is 27.7 Å². The summed E-state index contributed by atoms with van der Waals surface area (Å²) < 4.78 is 32.6. The van der Waals surface area contributed by atoms with E-state index in [0.717, 1.165) is 49.2 Å². The second kappa shape index (κ2) is 9.54. The molecular weight excluding hydrogens is 462 g/mol. The van der Waals surface area contributed by atoms with E-state index in [2.05, 4.69) is 12.4 Å². The molecule has 2 unspecified atom stereocenters. The summed E-state index contributed by atoms with van der Waals surface area (Å²) in [5, 5.41) is 3.33. The maximum Gasteiger partial charge on any atom is 0.341 e. The Balaban J connectivity index is 1.56. The van der Waals surface area contributed by atoms with Crippen molar-refractivity contribution in [3.63, 3.8) is 0 Å². The highest BCUT2D eigenvalue weighted by atomic mass is 32.2. The first-order valence-electron chi connectivity index (χ1n) is 11.2. The number of piperidine rings is 1. The predicted octanol–water partition coefficient (Wildman–Crippen LogP) is 1.92. The first-order valence-corrected chi connectivity index (χ1v) is 13.5. The van der Waals surface area contributed by atoms with Crippen LogP contribution in [0.5, 0.6) is 0 Å². The van der Waals surface area contributed by atoms with Gasteiger partial charge in [-0.1, -0.05) is 6.42 Å². The SMILES string of the molecule is COC(=O)c1c(NC(=O)c2ccc(S(=O)(=O)N3CCCCC3C)cc2)sc2c1CC[NH+](C)C2. The number of hydrogen-bond donors (Lipinski definition) is 2. The lowest BCUT2D eigenvalue weighted by Gasteiger charge is -2.32. The van der Waals surface area contributed by atoms with Gasteiger partial charge in [0.15, 0.2) is 0 Å². The number of nitrogens with zero attached hydrogens (tertiary/aromatic N) is 1. The zero-order valence-corrected chi connectivity index (χ0v) is 20.8. The van der Waals surface area contributed by atoms with Gasteiger partial charge in [-0.2, -0.15) is 4.31 Å². The molecule has 2 aromatic rings. The van der Waals surface area contributed by atoms with Gasteiger partial charge in [-0.15, -0.1) is 11.3 Å². The molecule has 3 heterocycles. The number of thiophene rings is 1. The standard InChI is InChI=1S/C23H29N3O5S2/c1-15-6-4-5-12-26(15)33(29,30)17-9-7-16(8-10-17)21(27)24-22-20(23(28)31-3)18-11-13-25(2)14-19(18)32-22/h7-10,15H,4-6,11-14H2,1-3H3,(H,24,27)/p+1. The number of methoxy groups -OCH3 is 1. The van der Waals surface area contributed by atoms with Crippen molar-refractivity contribution in [3.05, 3.63) is 45.8 Å². The lowest BCUT2D eigenvalue weighted by molar-refractivity contribution is -0.895. The highest BCUT2D eigenvalue weighted by molar-refractivity contribution is 7.89. The lowest BCUT2D eigenvalue weighted by atomic mass is 10.0. The molecule has 1 aromatic carbocycles. The van der Waals surface area contributed by atoms with E-state index >= 15 is 0 Å². The molecule has 10 heteroatoms. The molecule has 2 aliphatic rings. The Labute approximate surface area is 198 Å². The van der Waals surface area contributed by atoms with E-state index in [0.29, 0.717) is 22.7 Å². The molecule has 2 atom stereocenters. The molecule has 33 heavy (non-hydrogen) atoms. The summed E-state index contributed by atoms with van der Waals surface area (Å²) in [5.41, 5.74) is 1.70. The monoisotopic (exact) mass is 492 g/mol. The second-order valence-electron chi connectivity index (χ2n) is 8.77. The molecule has 2 N–H and O–H groups in total. The molecule has 2 aliphatic heterocycles. The van der Waals surface area contributed by atoms with Crippen molar-refractivity contribution in [3.8, 4) is 0 Å². The quantitative estimate of drug-likeness (QED) is 0.622. The average molecular weight is 493 g/mol. The summed E-state index contributed by atoms with van der Waals surface area (Å²) >= 11 is 1.40. The number of esters is 1. The number of ether oxygens (including phenoxy) is 1. The van der Waals surface area contributed by atoms with Crippen molar-refractivity contribution in [2.75, 3.05) is 32.6 Å². The van der Waals surface area contributed by atoms with E-state index in [9.17, 15) is 18.0 Å². The molecule has 1 aromatic heterocycles. The van der Waals surface area contributed by atoms with Crippen molar-refractivity contribution in [2.45, 2.75) is 50.1 Å². The van der Waals surface area contributed by atoms with Crippen LogP contribution in [-0.4, -0.2) is 57.9 Å². The number of carbonyl (C=O) groups is 2. The van der Waals surface area contributed by atoms with Gasteiger partial charge in [0.25, 0.3) is 5.91 Å². The predicted molar refractivity (Wildman–Crippen MR) is 126 cm³/mol. The topological polar surface area (TPSA) is 97.2 Å². The van der Waals surface area contributed by atoms with Gasteiger partial charge in [-0.25, -0.2) is 13.2 Å². The Kier molecular flexibility index (Phi) is 6.90. The van der Waals surface area contributed by atoms with Crippen molar-refractivity contribution in [2.24, 2.45) is 0 Å². The summed E-state index contributed by atoms with van der Waals surface area (Å²) in [4.78, 5) is 28.0. The number of hydrogen-bond acceptors (Lipinski definition) is 6. The van der Waals surface area contributed by atoms with Crippen LogP contribution < -0.4 is 10.2 Å². The minimum atomic E-state index is -3.60. The number of rotatable bonds is 5. The smallest absolute Gasteiger partial charge is 0.341 e. The first-order chi connectivity index (χ1) is 15.7. The summed E-state index contributed by atoms with van der Waals surface area (Å²) in [5.74, 6) is -0.853. The summed E-state index contributed by atoms with van der Waals surface area (Å²) in [6, 6.07) is 5.95. The van der Waals surface area contributed by atoms with E-state index in [1.807, 2.05) is 6.92 Å². The maximum atomic E-state index is 13.0. The van der Waals surface area contributed by atoms with E-state index < -0.39 is 21.9 Å². The van der Waals surface area contributed by atoms with Crippen molar-refractivity contribution < 1.29 is 27.6 Å². The molecule has 178 valence electrons. The molecule has 8 nitrogen and oxygen atoms in total. The third-order valence-electron chi connectivity index (χ3n) is 6.44. The van der Waals surface area contributed by atoms with E-state index in [4.69, 9.17) is 4.74 Å². The normalized spacial score (nSPS) is 21.3. The molecule has 0 spiro atoms. The number of fused-ring (bicyclic) bond motifs is 1. The van der Waals surface area contributed by atoms with Gasteiger partial charge in [0.1, 0.15) is 11.5 Å². The third kappa shape index (κ3) is 4.70. The number of nitrogens with one attached hydrogen (secondary N) is 2. The molecule has 4 rings (SSSR count). The van der Waals surface area contributed by atoms with Crippen molar-refractivity contribution in [1.82, 2.24) is 4.31 Å². The minimum absolute atomic E-state index is 0.0331. The van der Waals surface area contributed by atoms with Gasteiger partial charge < -0.3 is 15.0 Å². The van der Waals surface area contributed by atoms with Crippen LogP contribution in [0, 0.1) is 0 Å². The second-order valence-corrected chi connectivity index (χ2v) is 11.8. The van der Waals surface area contributed by atoms with Gasteiger partial charge in [-0.3, -0.25) is 4.79 Å². The van der Waals surface area contributed by atoms with Gasteiger partial charge >= 0.3 is 5.97 Å². The molecule has 0 aliphatic carbocycles. The maximum absolute atomic E-state index is 13.0. The molecule has 1 saturated heterocycles. The Morgan fingerprint density at radius 3 is 2.61 bits per heavy atom. The van der Waals surface area contributed by atoms with Crippen LogP contribution in [0.2, 0.25) is 0 Å². The fraction of sp³-hybridized carbons (Fsp3) is 0.478. The van der Waals surface area contributed by atoms with Gasteiger partial charge in [0.05, 0.1) is 36.0 Å². The van der Waals surface area contributed by atoms with Crippen molar-refractivity contribution in [1.29, 1.82) is 0 Å². The van der Waals surface area contributed by atoms with E-state index in [1.165, 1.54) is 47.6 Å². The Hall–Kier alpha value is -2.27. The largest absolute Gasteiger partial charge is 0.465 e. The van der Waals surface area contributed by atoms with Crippen LogP contribution in [0.4, 0.5) is 5.00 Å². The van der Waals surface area contributed by atoms with Crippen LogP contribution >= 0.6 is 11.3 Å². The fourth-order valence-electron chi connectivity index (χ4n) is 4.54. The molecule has 1 amide bonds. The molecule has 0 radical (unpaired) electrons. The number of quaternary nitrogens is 1. The molecular formula is C23H30N3O5S2+. The lowest BCUT2D eigenvalue weighted by Crippen LogP contribution is -3.08. The van der Waals surface area contributed by atoms with Crippen LogP contribution in [0.15, 0.2) is 29.2 Å². The number of sulfonamides is 1. The van der Waals surface area contributed by atoms with E-state index in [1.54, 1.807) is 4.31 Å². The highest BCUT2D eigenvalue weighted by Gasteiger charge is 2.32. The van der Waals surface area contributed by atoms with Gasteiger partial charge in [-0.05, 0) is 49.6 Å². The average Bonchev–Trinajstić information content (AvgIpc) is 3.15. The zero-order valence-electron chi connectivity index (χ0n) is 19.1. The van der Waals surface area contributed by atoms with Crippen LogP contribution in [0.1, 0.15) is 57.3 Å². The number of benzene rings is 1. The Morgan fingerprint density at radius 1 is 1.21 bits per heavy atom. The molecule has 0 bridgehead atoms. The fourth-order valence-corrected chi connectivity index (χ4v) is 7.59. The molecule has 1 fully saturated rings. The van der Waals surface area contributed by atoms with Gasteiger partial charge in [0.2, 0.25) is 10.0 Å². The highest BCUT2D eigenvalue weighted by Crippen LogP contribution is 2.35. The van der Waals surface area contributed by atoms with Crippen LogP contribution in [0.25, 0.3) is 0 Å². The number of likely N-dealkylation sites (N-methyl/N-ethyl adjacent to an activating group) is 1. The summed E-state index contributed by atoms with van der Waals surface area (Å²) in [6.07, 6.45) is 3.49. The third-order valence-corrected chi connectivity index (χ3v) is 9.61. The van der Waals surface area contributed by atoms with Crippen molar-refractivity contribution >= 4 is 38.2 Å². The molecule has 0 saturated carbocycles. The van der Waals surface area contributed by atoms with Crippen LogP contribution in [0.3, 0.4) is 0 Å². The van der Waals surface area contributed by atoms with Gasteiger partial charge in [0, 0.05) is 24.6 Å². The first kappa shape index (κ1) is 23.9. The zero-order chi connectivity index (χ0) is 23.8. The number of carbonyl (C=O) groups excluding carboxylic acids is 2. The minimum Gasteiger partial charge on any atom is -0.465 e.